The number of hydrogen-bond donors (Lipinski definition) is 1. The molecule has 1 aromatic heterocycles. The Morgan fingerprint density at radius 1 is 1.48 bits per heavy atom. The van der Waals surface area contributed by atoms with Gasteiger partial charge in [0.25, 0.3) is 0 Å². The largest absolute Gasteiger partial charge is 0.496 e. The quantitative estimate of drug-likeness (QED) is 0.888. The first kappa shape index (κ1) is 15.5. The lowest BCUT2D eigenvalue weighted by atomic mass is 10.1. The molecule has 1 unspecified atom stereocenters. The summed E-state index contributed by atoms with van der Waals surface area (Å²) < 4.78 is 5.34. The predicted octanol–water partition coefficient (Wildman–Crippen LogP) is 3.44. The van der Waals surface area contributed by atoms with Gasteiger partial charge < -0.3 is 10.1 Å². The number of aryl methyl sites for hydroxylation is 1. The zero-order valence-corrected chi connectivity index (χ0v) is 13.3. The molecule has 21 heavy (non-hydrogen) atoms. The minimum atomic E-state index is 0.172. The Balaban J connectivity index is 2.06. The lowest BCUT2D eigenvalue weighted by Crippen LogP contribution is -2.18. The van der Waals surface area contributed by atoms with Crippen molar-refractivity contribution in [1.29, 1.82) is 5.26 Å². The average Bonchev–Trinajstić information content (AvgIpc) is 3.01. The molecule has 1 heterocycles. The summed E-state index contributed by atoms with van der Waals surface area (Å²) in [7, 11) is 1.64. The summed E-state index contributed by atoms with van der Waals surface area (Å²) in [6, 6.07) is 7.78. The van der Waals surface area contributed by atoms with E-state index >= 15 is 0 Å². The highest BCUT2D eigenvalue weighted by molar-refractivity contribution is 7.11. The number of hydrogen-bond acceptors (Lipinski definition) is 5. The first-order chi connectivity index (χ1) is 10.2. The minimum absolute atomic E-state index is 0.172. The molecule has 110 valence electrons. The Morgan fingerprint density at radius 3 is 2.90 bits per heavy atom. The van der Waals surface area contributed by atoms with Gasteiger partial charge in [-0.1, -0.05) is 6.92 Å². The van der Waals surface area contributed by atoms with E-state index in [1.807, 2.05) is 18.3 Å². The Morgan fingerprint density at radius 2 is 2.29 bits per heavy atom. The molecule has 0 saturated carbocycles. The van der Waals surface area contributed by atoms with Crippen molar-refractivity contribution >= 4 is 11.3 Å². The highest BCUT2D eigenvalue weighted by Crippen LogP contribution is 2.23. The zero-order valence-electron chi connectivity index (χ0n) is 12.5. The smallest absolute Gasteiger partial charge is 0.123 e. The van der Waals surface area contributed by atoms with Crippen LogP contribution in [0.1, 0.15) is 40.9 Å². The maximum absolute atomic E-state index is 8.99. The van der Waals surface area contributed by atoms with Crippen LogP contribution < -0.4 is 10.1 Å². The maximum atomic E-state index is 8.99. The van der Waals surface area contributed by atoms with Crippen LogP contribution in [-0.4, -0.2) is 12.1 Å². The van der Waals surface area contributed by atoms with E-state index in [1.165, 1.54) is 4.88 Å². The highest BCUT2D eigenvalue weighted by atomic mass is 32.1. The lowest BCUT2D eigenvalue weighted by molar-refractivity contribution is 0.406. The molecule has 0 spiro atoms. The SMILES string of the molecule is CCc1cnc(C(C)NCc2cc(C#N)ccc2OC)s1. The number of benzene rings is 1. The average molecular weight is 301 g/mol. The van der Waals surface area contributed by atoms with Crippen LogP contribution in [0.2, 0.25) is 0 Å². The molecular formula is C16H19N3OS. The van der Waals surface area contributed by atoms with Gasteiger partial charge >= 0.3 is 0 Å². The predicted molar refractivity (Wildman–Crippen MR) is 84.5 cm³/mol. The van der Waals surface area contributed by atoms with Crippen LogP contribution in [0.4, 0.5) is 0 Å². The van der Waals surface area contributed by atoms with Crippen molar-refractivity contribution in [2.24, 2.45) is 0 Å². The minimum Gasteiger partial charge on any atom is -0.496 e. The number of aromatic nitrogens is 1. The van der Waals surface area contributed by atoms with Crippen molar-refractivity contribution in [2.75, 3.05) is 7.11 Å². The highest BCUT2D eigenvalue weighted by Gasteiger charge is 2.11. The van der Waals surface area contributed by atoms with Crippen molar-refractivity contribution in [1.82, 2.24) is 10.3 Å². The van der Waals surface area contributed by atoms with Gasteiger partial charge in [-0.05, 0) is 31.5 Å². The summed E-state index contributed by atoms with van der Waals surface area (Å²) in [4.78, 5) is 5.74. The second-order valence-electron chi connectivity index (χ2n) is 4.76. The Labute approximate surface area is 129 Å². The normalized spacial score (nSPS) is 11.9. The van der Waals surface area contributed by atoms with Crippen LogP contribution in [0, 0.1) is 11.3 Å². The van der Waals surface area contributed by atoms with E-state index in [1.54, 1.807) is 24.5 Å². The Hall–Kier alpha value is -1.90. The summed E-state index contributed by atoms with van der Waals surface area (Å²) in [6.07, 6.45) is 2.96. The van der Waals surface area contributed by atoms with Crippen LogP contribution in [0.5, 0.6) is 5.75 Å². The fourth-order valence-corrected chi connectivity index (χ4v) is 2.91. The van der Waals surface area contributed by atoms with Crippen LogP contribution in [0.3, 0.4) is 0 Å². The number of methoxy groups -OCH3 is 1. The topological polar surface area (TPSA) is 57.9 Å². The lowest BCUT2D eigenvalue weighted by Gasteiger charge is -2.13. The van der Waals surface area contributed by atoms with Gasteiger partial charge in [-0.2, -0.15) is 5.26 Å². The van der Waals surface area contributed by atoms with Gasteiger partial charge in [-0.15, -0.1) is 11.3 Å². The van der Waals surface area contributed by atoms with Crippen molar-refractivity contribution < 1.29 is 4.74 Å². The molecule has 0 fully saturated rings. The fraction of sp³-hybridized carbons (Fsp3) is 0.375. The molecule has 5 heteroatoms. The van der Waals surface area contributed by atoms with E-state index in [0.717, 1.165) is 22.7 Å². The number of rotatable bonds is 6. The van der Waals surface area contributed by atoms with Crippen LogP contribution in [-0.2, 0) is 13.0 Å². The monoisotopic (exact) mass is 301 g/mol. The molecule has 1 atom stereocenters. The number of nitriles is 1. The number of nitrogens with one attached hydrogen (secondary N) is 1. The van der Waals surface area contributed by atoms with Crippen LogP contribution in [0.15, 0.2) is 24.4 Å². The molecule has 4 nitrogen and oxygen atoms in total. The van der Waals surface area contributed by atoms with E-state index in [9.17, 15) is 0 Å². The van der Waals surface area contributed by atoms with Gasteiger partial charge in [0.1, 0.15) is 10.8 Å². The van der Waals surface area contributed by atoms with E-state index < -0.39 is 0 Å². The summed E-state index contributed by atoms with van der Waals surface area (Å²) >= 11 is 1.74. The molecule has 1 aromatic carbocycles. The van der Waals surface area contributed by atoms with Crippen LogP contribution in [0.25, 0.3) is 0 Å². The van der Waals surface area contributed by atoms with E-state index in [-0.39, 0.29) is 6.04 Å². The van der Waals surface area contributed by atoms with E-state index in [0.29, 0.717) is 12.1 Å². The number of thiazole rings is 1. The standard InChI is InChI=1S/C16H19N3OS/c1-4-14-10-19-16(21-14)11(2)18-9-13-7-12(8-17)5-6-15(13)20-3/h5-7,10-11,18H,4,9H2,1-3H3. The molecule has 0 aliphatic heterocycles. The summed E-state index contributed by atoms with van der Waals surface area (Å²) in [6.45, 7) is 4.87. The second kappa shape index (κ2) is 7.21. The van der Waals surface area contributed by atoms with Crippen molar-refractivity contribution in [2.45, 2.75) is 32.9 Å². The third-order valence-corrected chi connectivity index (χ3v) is 4.62. The van der Waals surface area contributed by atoms with E-state index in [4.69, 9.17) is 10.00 Å². The molecule has 0 amide bonds. The van der Waals surface area contributed by atoms with Gasteiger partial charge in [0.15, 0.2) is 0 Å². The first-order valence-electron chi connectivity index (χ1n) is 6.93. The van der Waals surface area contributed by atoms with Gasteiger partial charge in [0.2, 0.25) is 0 Å². The Kier molecular flexibility index (Phi) is 5.32. The number of ether oxygens (including phenoxy) is 1. The summed E-state index contributed by atoms with van der Waals surface area (Å²) in [5.74, 6) is 0.794. The van der Waals surface area contributed by atoms with E-state index in [2.05, 4.69) is 30.2 Å². The van der Waals surface area contributed by atoms with Crippen molar-refractivity contribution in [3.63, 3.8) is 0 Å². The van der Waals surface area contributed by atoms with Crippen molar-refractivity contribution in [3.8, 4) is 11.8 Å². The molecule has 2 rings (SSSR count). The molecule has 1 N–H and O–H groups in total. The van der Waals surface area contributed by atoms with Crippen LogP contribution >= 0.6 is 11.3 Å². The molecule has 0 radical (unpaired) electrons. The van der Waals surface area contributed by atoms with Gasteiger partial charge in [0.05, 0.1) is 24.8 Å². The molecule has 0 saturated heterocycles. The second-order valence-corrected chi connectivity index (χ2v) is 5.91. The number of nitrogens with zero attached hydrogens (tertiary/aromatic N) is 2. The third kappa shape index (κ3) is 3.81. The Bertz CT molecular complexity index is 645. The molecule has 2 aromatic rings. The van der Waals surface area contributed by atoms with Gasteiger partial charge in [-0.3, -0.25) is 0 Å². The summed E-state index contributed by atoms with van der Waals surface area (Å²) in [5.41, 5.74) is 1.62. The van der Waals surface area contributed by atoms with Gasteiger partial charge in [0, 0.05) is 23.2 Å². The summed E-state index contributed by atoms with van der Waals surface area (Å²) in [5, 5.41) is 13.5. The first-order valence-corrected chi connectivity index (χ1v) is 7.74. The molecule has 0 aliphatic carbocycles. The molecule has 0 bridgehead atoms. The van der Waals surface area contributed by atoms with Gasteiger partial charge in [-0.25, -0.2) is 4.98 Å². The zero-order chi connectivity index (χ0) is 15.2. The molecule has 0 aliphatic rings. The fourth-order valence-electron chi connectivity index (χ4n) is 2.02. The maximum Gasteiger partial charge on any atom is 0.123 e. The third-order valence-electron chi connectivity index (χ3n) is 3.30. The molecular weight excluding hydrogens is 282 g/mol. The van der Waals surface area contributed by atoms with Crippen molar-refractivity contribution in [3.05, 3.63) is 45.4 Å².